The summed E-state index contributed by atoms with van der Waals surface area (Å²) in [5.41, 5.74) is 0. The first-order valence-electron chi connectivity index (χ1n) is 35.4. The first-order valence-corrected chi connectivity index (χ1v) is 35.4. The van der Waals surface area contributed by atoms with Crippen LogP contribution >= 0.6 is 0 Å². The van der Waals surface area contributed by atoms with Crippen molar-refractivity contribution in [2.24, 2.45) is 0 Å². The van der Waals surface area contributed by atoms with Crippen molar-refractivity contribution in [2.75, 3.05) is 13.2 Å². The molecule has 1 aliphatic rings. The molecule has 0 aromatic rings. The quantitative estimate of drug-likeness (QED) is 0.0195. The van der Waals surface area contributed by atoms with Crippen molar-refractivity contribution in [2.45, 2.75) is 359 Å². The number of ether oxygens (including phenoxy) is 3. The number of aliphatic hydroxyl groups excluding tert-OH is 5. The Labute approximate surface area is 521 Å². The van der Waals surface area contributed by atoms with Gasteiger partial charge in [0.15, 0.2) is 12.4 Å². The standard InChI is InChI=1S/C74H131NO10/c1-4-7-10-13-16-19-22-25-27-29-30-31-32-33-34-35-36-37-38-39-41-44-47-50-53-56-59-62-69(79)85-72-71(81)70(80)68(63-76)84-74(72)83-64-65(66(77)60-57-54-51-48-45-42-24-21-18-15-12-9-6-3)75-73(82)67(78)61-58-55-52-49-46-43-40-28-26-23-20-17-14-11-8-5-2/h16-17,19-20,25-28,43,46,52,55,57,60,65-68,70-72,74,76-78,80-81H,4-15,18,21-24,29-42,44-45,47-51,53-54,56,58-59,61-64H2,1-3H3,(H,75,82)/b19-16-,20-17-,27-25-,28-26-,46-43-,55-52-,60-57+. The van der Waals surface area contributed by atoms with E-state index in [2.05, 4.69) is 86.8 Å². The second-order valence-corrected chi connectivity index (χ2v) is 24.3. The number of aliphatic hydroxyl groups is 5. The molecule has 0 radical (unpaired) electrons. The molecule has 492 valence electrons. The smallest absolute Gasteiger partial charge is 0.306 e. The Kier molecular flexibility index (Phi) is 57.4. The average molecular weight is 1190 g/mol. The maximum atomic E-state index is 13.4. The maximum Gasteiger partial charge on any atom is 0.306 e. The monoisotopic (exact) mass is 1190 g/mol. The zero-order valence-electron chi connectivity index (χ0n) is 54.7. The van der Waals surface area contributed by atoms with E-state index in [0.717, 1.165) is 77.0 Å². The lowest BCUT2D eigenvalue weighted by Crippen LogP contribution is -2.61. The third kappa shape index (κ3) is 48.4. The summed E-state index contributed by atoms with van der Waals surface area (Å²) >= 11 is 0. The number of unbranched alkanes of at least 4 members (excludes halogenated alkanes) is 34. The van der Waals surface area contributed by atoms with Crippen LogP contribution in [0.1, 0.15) is 310 Å². The minimum atomic E-state index is -1.63. The molecule has 6 N–H and O–H groups in total. The molecule has 8 unspecified atom stereocenters. The number of hydrogen-bond acceptors (Lipinski definition) is 10. The summed E-state index contributed by atoms with van der Waals surface area (Å²) in [5, 5.41) is 57.1. The van der Waals surface area contributed by atoms with Gasteiger partial charge in [0.1, 0.15) is 24.4 Å². The molecule has 8 atom stereocenters. The van der Waals surface area contributed by atoms with Gasteiger partial charge in [0.05, 0.1) is 25.4 Å². The Morgan fingerprint density at radius 1 is 0.459 bits per heavy atom. The number of nitrogens with one attached hydrogen (secondary N) is 1. The minimum Gasteiger partial charge on any atom is -0.454 e. The fraction of sp³-hybridized carbons (Fsp3) is 0.784. The number of amides is 1. The molecule has 1 aliphatic heterocycles. The molecule has 85 heavy (non-hydrogen) atoms. The number of rotatable bonds is 60. The summed E-state index contributed by atoms with van der Waals surface area (Å²) < 4.78 is 17.7. The molecule has 0 aliphatic carbocycles. The van der Waals surface area contributed by atoms with E-state index in [9.17, 15) is 35.1 Å². The van der Waals surface area contributed by atoms with Crippen molar-refractivity contribution < 1.29 is 49.3 Å². The molecule has 1 heterocycles. The Morgan fingerprint density at radius 3 is 1.24 bits per heavy atom. The summed E-state index contributed by atoms with van der Waals surface area (Å²) in [5.74, 6) is -1.25. The molecule has 0 bridgehead atoms. The fourth-order valence-electron chi connectivity index (χ4n) is 10.7. The van der Waals surface area contributed by atoms with E-state index in [-0.39, 0.29) is 19.4 Å². The summed E-state index contributed by atoms with van der Waals surface area (Å²) in [4.78, 5) is 26.6. The maximum absolute atomic E-state index is 13.4. The van der Waals surface area contributed by atoms with Crippen LogP contribution in [0.3, 0.4) is 0 Å². The van der Waals surface area contributed by atoms with Gasteiger partial charge >= 0.3 is 5.97 Å². The predicted octanol–water partition coefficient (Wildman–Crippen LogP) is 18.1. The van der Waals surface area contributed by atoms with Gasteiger partial charge in [-0.3, -0.25) is 9.59 Å². The van der Waals surface area contributed by atoms with Gasteiger partial charge in [-0.2, -0.15) is 0 Å². The third-order valence-corrected chi connectivity index (χ3v) is 16.3. The molecule has 0 aromatic carbocycles. The zero-order chi connectivity index (χ0) is 61.7. The topological polar surface area (TPSA) is 175 Å². The molecule has 0 aromatic heterocycles. The minimum absolute atomic E-state index is 0.116. The lowest BCUT2D eigenvalue weighted by Gasteiger charge is -2.41. The van der Waals surface area contributed by atoms with E-state index in [0.29, 0.717) is 12.8 Å². The molecule has 1 saturated heterocycles. The first kappa shape index (κ1) is 79.9. The van der Waals surface area contributed by atoms with Crippen LogP contribution in [0, 0.1) is 0 Å². The van der Waals surface area contributed by atoms with E-state index in [4.69, 9.17) is 14.2 Å². The molecule has 11 nitrogen and oxygen atoms in total. The number of allylic oxidation sites excluding steroid dienone is 13. The van der Waals surface area contributed by atoms with Crippen LogP contribution in [-0.4, -0.2) is 99.6 Å². The fourth-order valence-corrected chi connectivity index (χ4v) is 10.7. The lowest BCUT2D eigenvalue weighted by atomic mass is 9.99. The van der Waals surface area contributed by atoms with Crippen molar-refractivity contribution in [1.82, 2.24) is 5.32 Å². The molecule has 1 rings (SSSR count). The van der Waals surface area contributed by atoms with Gasteiger partial charge in [-0.15, -0.1) is 0 Å². The van der Waals surface area contributed by atoms with Gasteiger partial charge in [-0.1, -0.05) is 292 Å². The SMILES string of the molecule is CCCCC/C=C\C/C=C\C/C=C\C/C=C\CCC(O)C(=O)NC(COC1OC(CO)C(O)C(O)C1OC(=O)CCCCCCCCCCCCCCCCCCC/C=C\C/C=C\CCCCC)C(O)/C=C/CCCCCCCCCCCCC. The molecule has 11 heteroatoms. The van der Waals surface area contributed by atoms with Crippen molar-refractivity contribution in [1.29, 1.82) is 0 Å². The van der Waals surface area contributed by atoms with Gasteiger partial charge in [-0.25, -0.2) is 0 Å². The lowest BCUT2D eigenvalue weighted by molar-refractivity contribution is -0.305. The summed E-state index contributed by atoms with van der Waals surface area (Å²) in [6.45, 7) is 5.73. The summed E-state index contributed by atoms with van der Waals surface area (Å²) in [7, 11) is 0. The normalized spacial score (nSPS) is 18.9. The highest BCUT2D eigenvalue weighted by Gasteiger charge is 2.47. The molecule has 0 spiro atoms. The van der Waals surface area contributed by atoms with Gasteiger partial charge < -0.3 is 45.1 Å². The predicted molar refractivity (Wildman–Crippen MR) is 356 cm³/mol. The number of esters is 1. The molecular formula is C74H131NO10. The van der Waals surface area contributed by atoms with Gasteiger partial charge in [0, 0.05) is 6.42 Å². The van der Waals surface area contributed by atoms with Crippen LogP contribution < -0.4 is 5.32 Å². The average Bonchev–Trinajstić information content (AvgIpc) is 3.13. The van der Waals surface area contributed by atoms with Gasteiger partial charge in [-0.05, 0) is 96.3 Å². The van der Waals surface area contributed by atoms with Crippen LogP contribution in [0.15, 0.2) is 85.1 Å². The highest BCUT2D eigenvalue weighted by molar-refractivity contribution is 5.80. The van der Waals surface area contributed by atoms with E-state index in [1.165, 1.54) is 186 Å². The molecule has 1 amide bonds. The summed E-state index contributed by atoms with van der Waals surface area (Å²) in [6.07, 6.45) is 70.7. The zero-order valence-corrected chi connectivity index (χ0v) is 54.7. The molecule has 0 saturated carbocycles. The van der Waals surface area contributed by atoms with E-state index >= 15 is 0 Å². The van der Waals surface area contributed by atoms with Gasteiger partial charge in [0.25, 0.3) is 0 Å². The van der Waals surface area contributed by atoms with Crippen LogP contribution in [0.4, 0.5) is 0 Å². The van der Waals surface area contributed by atoms with Crippen LogP contribution in [0.2, 0.25) is 0 Å². The highest BCUT2D eigenvalue weighted by Crippen LogP contribution is 2.26. The first-order chi connectivity index (χ1) is 41.7. The highest BCUT2D eigenvalue weighted by atomic mass is 16.7. The largest absolute Gasteiger partial charge is 0.454 e. The van der Waals surface area contributed by atoms with Crippen molar-refractivity contribution in [3.8, 4) is 0 Å². The molecular weight excluding hydrogens is 1060 g/mol. The Balaban J connectivity index is 2.58. The van der Waals surface area contributed by atoms with Crippen molar-refractivity contribution in [3.05, 3.63) is 85.1 Å². The van der Waals surface area contributed by atoms with E-state index in [1.807, 2.05) is 18.2 Å². The molecule has 1 fully saturated rings. The number of carbonyl (C=O) groups excluding carboxylic acids is 2. The van der Waals surface area contributed by atoms with Crippen molar-refractivity contribution >= 4 is 11.9 Å². The third-order valence-electron chi connectivity index (χ3n) is 16.3. The number of carbonyl (C=O) groups is 2. The van der Waals surface area contributed by atoms with E-state index < -0.39 is 67.4 Å². The second kappa shape index (κ2) is 61.1. The van der Waals surface area contributed by atoms with E-state index in [1.54, 1.807) is 6.08 Å². The Morgan fingerprint density at radius 2 is 0.812 bits per heavy atom. The Bertz CT molecular complexity index is 1710. The van der Waals surface area contributed by atoms with Crippen LogP contribution in [0.5, 0.6) is 0 Å². The summed E-state index contributed by atoms with van der Waals surface area (Å²) in [6, 6.07) is -1.06. The van der Waals surface area contributed by atoms with Crippen LogP contribution in [-0.2, 0) is 23.8 Å². The Hall–Kier alpha value is -3.16. The number of hydrogen-bond donors (Lipinski definition) is 6. The van der Waals surface area contributed by atoms with Crippen molar-refractivity contribution in [3.63, 3.8) is 0 Å². The van der Waals surface area contributed by atoms with Gasteiger partial charge in [0.2, 0.25) is 5.91 Å². The second-order valence-electron chi connectivity index (χ2n) is 24.3. The van der Waals surface area contributed by atoms with Crippen LogP contribution in [0.25, 0.3) is 0 Å².